The molecule has 1 heterocycles. The van der Waals surface area contributed by atoms with Crippen LogP contribution in [0.1, 0.15) is 12.7 Å². The number of furan rings is 1. The molecule has 5 heteroatoms. The van der Waals surface area contributed by atoms with Crippen molar-refractivity contribution in [2.75, 3.05) is 28.4 Å². The topological polar surface area (TPSA) is 50.1 Å². The first kappa shape index (κ1) is 14.7. The third-order valence-electron chi connectivity index (χ3n) is 3.44. The standard InChI is InChI=1S/C15H20O5/c1-15(18-4,19-5)9-11-8-10-6-7-12(16-2)14(17-3)13(10)20-11/h6-8H,9H2,1-5H3. The van der Waals surface area contributed by atoms with Crippen LogP contribution < -0.4 is 9.47 Å². The predicted molar refractivity (Wildman–Crippen MR) is 75.4 cm³/mol. The number of fused-ring (bicyclic) bond motifs is 1. The van der Waals surface area contributed by atoms with Gasteiger partial charge in [0.2, 0.25) is 5.75 Å². The van der Waals surface area contributed by atoms with Crippen LogP contribution in [0.2, 0.25) is 0 Å². The molecule has 1 aromatic carbocycles. The molecule has 1 aromatic heterocycles. The van der Waals surface area contributed by atoms with Crippen molar-refractivity contribution in [1.29, 1.82) is 0 Å². The lowest BCUT2D eigenvalue weighted by molar-refractivity contribution is -0.193. The Morgan fingerprint density at radius 2 is 1.75 bits per heavy atom. The molecular formula is C15H20O5. The van der Waals surface area contributed by atoms with Gasteiger partial charge in [0, 0.05) is 19.6 Å². The second-order valence-electron chi connectivity index (χ2n) is 4.65. The molecule has 5 nitrogen and oxygen atoms in total. The number of ether oxygens (including phenoxy) is 4. The molecule has 0 N–H and O–H groups in total. The highest BCUT2D eigenvalue weighted by atomic mass is 16.7. The van der Waals surface area contributed by atoms with Crippen molar-refractivity contribution in [2.45, 2.75) is 19.1 Å². The third-order valence-corrected chi connectivity index (χ3v) is 3.44. The van der Waals surface area contributed by atoms with Gasteiger partial charge in [0.25, 0.3) is 0 Å². The van der Waals surface area contributed by atoms with Crippen LogP contribution in [0, 0.1) is 0 Å². The van der Waals surface area contributed by atoms with E-state index in [4.69, 9.17) is 23.4 Å². The number of methoxy groups -OCH3 is 4. The molecule has 0 saturated carbocycles. The van der Waals surface area contributed by atoms with E-state index in [1.165, 1.54) is 0 Å². The Morgan fingerprint density at radius 3 is 2.30 bits per heavy atom. The number of benzene rings is 1. The fourth-order valence-electron chi connectivity index (χ4n) is 2.10. The van der Waals surface area contributed by atoms with Crippen LogP contribution in [0.15, 0.2) is 22.6 Å². The fourth-order valence-corrected chi connectivity index (χ4v) is 2.10. The molecule has 0 spiro atoms. The minimum Gasteiger partial charge on any atom is -0.493 e. The Bertz CT molecular complexity index is 583. The van der Waals surface area contributed by atoms with Crippen LogP contribution in [0.25, 0.3) is 11.0 Å². The highest BCUT2D eigenvalue weighted by Crippen LogP contribution is 2.37. The average Bonchev–Trinajstić information content (AvgIpc) is 2.87. The zero-order chi connectivity index (χ0) is 14.8. The lowest BCUT2D eigenvalue weighted by Crippen LogP contribution is -2.32. The van der Waals surface area contributed by atoms with E-state index in [1.807, 2.05) is 25.1 Å². The fraction of sp³-hybridized carbons (Fsp3) is 0.467. The zero-order valence-corrected chi connectivity index (χ0v) is 12.5. The van der Waals surface area contributed by atoms with Crippen LogP contribution in [0.5, 0.6) is 11.5 Å². The number of hydrogen-bond donors (Lipinski definition) is 0. The monoisotopic (exact) mass is 280 g/mol. The maximum Gasteiger partial charge on any atom is 0.204 e. The van der Waals surface area contributed by atoms with Gasteiger partial charge in [-0.1, -0.05) is 0 Å². The molecule has 0 bridgehead atoms. The smallest absolute Gasteiger partial charge is 0.204 e. The van der Waals surface area contributed by atoms with Crippen molar-refractivity contribution in [3.63, 3.8) is 0 Å². The summed E-state index contributed by atoms with van der Waals surface area (Å²) in [6.07, 6.45) is 0.500. The molecule has 0 aliphatic heterocycles. The minimum absolute atomic E-state index is 0.500. The summed E-state index contributed by atoms with van der Waals surface area (Å²) in [5.41, 5.74) is 0.663. The molecule has 0 radical (unpaired) electrons. The molecule has 0 atom stereocenters. The highest BCUT2D eigenvalue weighted by molar-refractivity contribution is 5.86. The van der Waals surface area contributed by atoms with Crippen molar-refractivity contribution in [3.05, 3.63) is 24.0 Å². The lowest BCUT2D eigenvalue weighted by Gasteiger charge is -2.25. The number of hydrogen-bond acceptors (Lipinski definition) is 5. The van der Waals surface area contributed by atoms with E-state index >= 15 is 0 Å². The predicted octanol–water partition coefficient (Wildman–Crippen LogP) is 3.00. The summed E-state index contributed by atoms with van der Waals surface area (Å²) >= 11 is 0. The molecule has 0 fully saturated rings. The van der Waals surface area contributed by atoms with Crippen LogP contribution in [-0.4, -0.2) is 34.2 Å². The SMILES string of the molecule is COc1ccc2cc(CC(C)(OC)OC)oc2c1OC. The van der Waals surface area contributed by atoms with Gasteiger partial charge in [-0.3, -0.25) is 0 Å². The molecule has 20 heavy (non-hydrogen) atoms. The highest BCUT2D eigenvalue weighted by Gasteiger charge is 2.26. The van der Waals surface area contributed by atoms with Gasteiger partial charge in [0.15, 0.2) is 17.1 Å². The normalized spacial score (nSPS) is 11.8. The van der Waals surface area contributed by atoms with Crippen molar-refractivity contribution >= 4 is 11.0 Å². The summed E-state index contributed by atoms with van der Waals surface area (Å²) < 4.78 is 27.2. The van der Waals surface area contributed by atoms with Gasteiger partial charge in [-0.2, -0.15) is 0 Å². The molecule has 0 aliphatic carbocycles. The first-order chi connectivity index (χ1) is 9.56. The lowest BCUT2D eigenvalue weighted by atomic mass is 10.1. The van der Waals surface area contributed by atoms with Gasteiger partial charge in [-0.05, 0) is 25.1 Å². The van der Waals surface area contributed by atoms with E-state index in [-0.39, 0.29) is 0 Å². The van der Waals surface area contributed by atoms with E-state index in [9.17, 15) is 0 Å². The molecule has 2 rings (SSSR count). The van der Waals surface area contributed by atoms with E-state index in [1.54, 1.807) is 28.4 Å². The van der Waals surface area contributed by atoms with E-state index in [2.05, 4.69) is 0 Å². The van der Waals surface area contributed by atoms with Crippen molar-refractivity contribution < 1.29 is 23.4 Å². The number of rotatable bonds is 6. The zero-order valence-electron chi connectivity index (χ0n) is 12.5. The molecule has 0 aliphatic rings. The maximum atomic E-state index is 5.87. The summed E-state index contributed by atoms with van der Waals surface area (Å²) in [6.45, 7) is 1.86. The quantitative estimate of drug-likeness (QED) is 0.761. The first-order valence-electron chi connectivity index (χ1n) is 6.30. The minimum atomic E-state index is -0.717. The second kappa shape index (κ2) is 5.73. The summed E-state index contributed by atoms with van der Waals surface area (Å²) in [6, 6.07) is 5.74. The van der Waals surface area contributed by atoms with Crippen LogP contribution in [0.3, 0.4) is 0 Å². The van der Waals surface area contributed by atoms with Gasteiger partial charge in [0.05, 0.1) is 20.6 Å². The molecule has 2 aromatic rings. The van der Waals surface area contributed by atoms with Crippen LogP contribution in [-0.2, 0) is 15.9 Å². The van der Waals surface area contributed by atoms with Crippen molar-refractivity contribution in [1.82, 2.24) is 0 Å². The van der Waals surface area contributed by atoms with Gasteiger partial charge in [-0.15, -0.1) is 0 Å². The Labute approximate surface area is 118 Å². The Balaban J connectivity index is 2.43. The maximum absolute atomic E-state index is 5.87. The van der Waals surface area contributed by atoms with E-state index in [0.717, 1.165) is 11.1 Å². The van der Waals surface area contributed by atoms with Gasteiger partial charge >= 0.3 is 0 Å². The van der Waals surface area contributed by atoms with E-state index in [0.29, 0.717) is 23.5 Å². The van der Waals surface area contributed by atoms with E-state index < -0.39 is 5.79 Å². The van der Waals surface area contributed by atoms with Gasteiger partial charge in [-0.25, -0.2) is 0 Å². The summed E-state index contributed by atoms with van der Waals surface area (Å²) in [5.74, 6) is 1.28. The Kier molecular flexibility index (Phi) is 4.20. The second-order valence-corrected chi connectivity index (χ2v) is 4.65. The van der Waals surface area contributed by atoms with Crippen LogP contribution >= 0.6 is 0 Å². The first-order valence-corrected chi connectivity index (χ1v) is 6.30. The average molecular weight is 280 g/mol. The summed E-state index contributed by atoms with van der Waals surface area (Å²) in [5, 5.41) is 0.951. The van der Waals surface area contributed by atoms with Gasteiger partial charge in [0.1, 0.15) is 5.76 Å². The Hall–Kier alpha value is -1.72. The van der Waals surface area contributed by atoms with Gasteiger partial charge < -0.3 is 23.4 Å². The van der Waals surface area contributed by atoms with Crippen molar-refractivity contribution in [2.24, 2.45) is 0 Å². The molecule has 0 amide bonds. The third kappa shape index (κ3) is 2.59. The summed E-state index contributed by atoms with van der Waals surface area (Å²) in [7, 11) is 6.40. The molecular weight excluding hydrogens is 260 g/mol. The summed E-state index contributed by atoms with van der Waals surface area (Å²) in [4.78, 5) is 0. The largest absolute Gasteiger partial charge is 0.493 e. The van der Waals surface area contributed by atoms with Crippen molar-refractivity contribution in [3.8, 4) is 11.5 Å². The van der Waals surface area contributed by atoms with Crippen LogP contribution in [0.4, 0.5) is 0 Å². The Morgan fingerprint density at radius 1 is 1.05 bits per heavy atom. The molecule has 0 saturated heterocycles. The molecule has 110 valence electrons. The molecule has 0 unspecified atom stereocenters.